The van der Waals surface area contributed by atoms with Gasteiger partial charge in [-0.25, -0.2) is 13.2 Å². The number of fused-ring (bicyclic) bond motifs is 1. The average molecular weight is 601 g/mol. The summed E-state index contributed by atoms with van der Waals surface area (Å²) < 4.78 is 64.4. The molecule has 44 heavy (non-hydrogen) atoms. The predicted molar refractivity (Wildman–Crippen MR) is 158 cm³/mol. The van der Waals surface area contributed by atoms with Crippen LogP contribution in [0.3, 0.4) is 0 Å². The van der Waals surface area contributed by atoms with Crippen LogP contribution in [-0.4, -0.2) is 24.1 Å². The van der Waals surface area contributed by atoms with Crippen LogP contribution in [0.5, 0.6) is 5.75 Å². The zero-order chi connectivity index (χ0) is 30.5. The third kappa shape index (κ3) is 7.21. The van der Waals surface area contributed by atoms with Crippen molar-refractivity contribution in [3.05, 3.63) is 143 Å². The van der Waals surface area contributed by atoms with Gasteiger partial charge < -0.3 is 18.9 Å². The van der Waals surface area contributed by atoms with Crippen LogP contribution < -0.4 is 4.74 Å². The molecular formula is C36H31F3O5. The van der Waals surface area contributed by atoms with E-state index in [9.17, 15) is 18.0 Å². The van der Waals surface area contributed by atoms with Gasteiger partial charge in [0.2, 0.25) is 0 Å². The van der Waals surface area contributed by atoms with Gasteiger partial charge in [0.15, 0.2) is 5.78 Å². The van der Waals surface area contributed by atoms with Crippen molar-refractivity contribution in [3.63, 3.8) is 0 Å². The third-order valence-corrected chi connectivity index (χ3v) is 7.98. The van der Waals surface area contributed by atoms with E-state index in [1.807, 2.05) is 0 Å². The molecule has 5 nitrogen and oxygen atoms in total. The van der Waals surface area contributed by atoms with Crippen molar-refractivity contribution < 1.29 is 36.9 Å². The van der Waals surface area contributed by atoms with Crippen molar-refractivity contribution in [2.45, 2.75) is 51.0 Å². The standard InChI is InChI=1S/C36H31F3O5/c37-27-9-1-23(2-10-27)19-41-30-15-7-26(8-16-30)32-22-44-34-18-31(42-20-24-3-11-28(38)12-4-24)17-33(35(34)36(32)40)43-21-25-5-13-29(39)14-6-25/h1-16,22,31,33-35H,17-21H2. The van der Waals surface area contributed by atoms with E-state index in [0.29, 0.717) is 29.7 Å². The van der Waals surface area contributed by atoms with Crippen molar-refractivity contribution >= 4 is 11.4 Å². The van der Waals surface area contributed by atoms with Crippen molar-refractivity contribution in [3.8, 4) is 5.75 Å². The van der Waals surface area contributed by atoms with Crippen LogP contribution in [0.15, 0.2) is 103 Å². The van der Waals surface area contributed by atoms with Crippen LogP contribution in [0.4, 0.5) is 13.2 Å². The molecule has 4 aromatic carbocycles. The first-order valence-corrected chi connectivity index (χ1v) is 14.5. The number of carbonyl (C=O) groups excluding carboxylic acids is 1. The zero-order valence-electron chi connectivity index (χ0n) is 23.8. The van der Waals surface area contributed by atoms with Crippen LogP contribution in [-0.2, 0) is 38.8 Å². The third-order valence-electron chi connectivity index (χ3n) is 7.98. The molecule has 0 N–H and O–H groups in total. The molecule has 1 aliphatic heterocycles. The summed E-state index contributed by atoms with van der Waals surface area (Å²) in [5, 5.41) is 0. The van der Waals surface area contributed by atoms with Gasteiger partial charge >= 0.3 is 0 Å². The maximum absolute atomic E-state index is 14.0. The maximum atomic E-state index is 14.0. The second-order valence-electron chi connectivity index (χ2n) is 11.0. The molecule has 226 valence electrons. The predicted octanol–water partition coefficient (Wildman–Crippen LogP) is 7.57. The molecule has 0 saturated heterocycles. The molecule has 1 fully saturated rings. The van der Waals surface area contributed by atoms with Crippen LogP contribution in [0, 0.1) is 23.4 Å². The highest BCUT2D eigenvalue weighted by Gasteiger charge is 2.47. The fraction of sp³-hybridized carbons (Fsp3) is 0.250. The summed E-state index contributed by atoms with van der Waals surface area (Å²) >= 11 is 0. The SMILES string of the molecule is O=C1C(c2ccc(OCc3ccc(F)cc3)cc2)=COC2CC(OCc3ccc(F)cc3)CC(OCc3ccc(F)cc3)C12. The van der Waals surface area contributed by atoms with Gasteiger partial charge in [-0.05, 0) is 70.8 Å². The van der Waals surface area contributed by atoms with Gasteiger partial charge in [-0.2, -0.15) is 0 Å². The molecule has 1 heterocycles. The van der Waals surface area contributed by atoms with Gasteiger partial charge in [0, 0.05) is 12.8 Å². The molecule has 0 spiro atoms. The largest absolute Gasteiger partial charge is 0.496 e. The summed E-state index contributed by atoms with van der Waals surface area (Å²) in [7, 11) is 0. The number of benzene rings is 4. The molecule has 6 rings (SSSR count). The second-order valence-corrected chi connectivity index (χ2v) is 11.0. The first-order chi connectivity index (χ1) is 21.4. The number of allylic oxidation sites excluding steroid dienone is 1. The Morgan fingerprint density at radius 2 is 1.16 bits per heavy atom. The summed E-state index contributed by atoms with van der Waals surface area (Å²) in [6, 6.07) is 25.5. The number of ether oxygens (including phenoxy) is 4. The fourth-order valence-electron chi connectivity index (χ4n) is 5.59. The Morgan fingerprint density at radius 1 is 0.636 bits per heavy atom. The number of hydrogen-bond donors (Lipinski definition) is 0. The van der Waals surface area contributed by atoms with Crippen LogP contribution >= 0.6 is 0 Å². The van der Waals surface area contributed by atoms with E-state index < -0.39 is 18.1 Å². The Labute approximate surface area is 253 Å². The summed E-state index contributed by atoms with van der Waals surface area (Å²) in [4.78, 5) is 14.0. The van der Waals surface area contributed by atoms with Crippen LogP contribution in [0.2, 0.25) is 0 Å². The van der Waals surface area contributed by atoms with E-state index in [2.05, 4.69) is 0 Å². The highest BCUT2D eigenvalue weighted by Crippen LogP contribution is 2.39. The zero-order valence-corrected chi connectivity index (χ0v) is 23.8. The Morgan fingerprint density at radius 3 is 1.73 bits per heavy atom. The number of halogens is 3. The van der Waals surface area contributed by atoms with Crippen molar-refractivity contribution in [1.82, 2.24) is 0 Å². The summed E-state index contributed by atoms with van der Waals surface area (Å²) in [6.45, 7) is 0.772. The summed E-state index contributed by atoms with van der Waals surface area (Å²) in [5.74, 6) is -0.981. The highest BCUT2D eigenvalue weighted by atomic mass is 19.1. The van der Waals surface area contributed by atoms with Crippen LogP contribution in [0.1, 0.15) is 35.1 Å². The quantitative estimate of drug-likeness (QED) is 0.188. The van der Waals surface area contributed by atoms with Gasteiger partial charge in [0.25, 0.3) is 0 Å². The topological polar surface area (TPSA) is 54.0 Å². The number of Topliss-reactive ketones (excluding diaryl/α,β-unsaturated/α-hetero) is 1. The Kier molecular flexibility index (Phi) is 9.09. The van der Waals surface area contributed by atoms with E-state index >= 15 is 0 Å². The molecule has 1 saturated carbocycles. The van der Waals surface area contributed by atoms with Crippen molar-refractivity contribution in [2.75, 3.05) is 0 Å². The molecule has 0 aromatic heterocycles. The lowest BCUT2D eigenvalue weighted by atomic mass is 9.75. The van der Waals surface area contributed by atoms with E-state index in [0.717, 1.165) is 16.7 Å². The van der Waals surface area contributed by atoms with Gasteiger partial charge in [0.05, 0.1) is 43.2 Å². The normalized spacial score (nSPS) is 21.2. The first-order valence-electron chi connectivity index (χ1n) is 14.5. The van der Waals surface area contributed by atoms with E-state index in [4.69, 9.17) is 18.9 Å². The lowest BCUT2D eigenvalue weighted by Crippen LogP contribution is -2.50. The minimum absolute atomic E-state index is 0.0812. The smallest absolute Gasteiger partial charge is 0.175 e. The van der Waals surface area contributed by atoms with Gasteiger partial charge in [-0.1, -0.05) is 48.5 Å². The van der Waals surface area contributed by atoms with Gasteiger partial charge in [-0.15, -0.1) is 0 Å². The number of ketones is 1. The van der Waals surface area contributed by atoms with Crippen molar-refractivity contribution in [2.24, 2.45) is 5.92 Å². The minimum atomic E-state index is -0.560. The van der Waals surface area contributed by atoms with Gasteiger partial charge in [0.1, 0.15) is 35.9 Å². The fourth-order valence-corrected chi connectivity index (χ4v) is 5.59. The van der Waals surface area contributed by atoms with E-state index in [-0.39, 0.29) is 49.2 Å². The Bertz CT molecular complexity index is 1590. The molecule has 4 unspecified atom stereocenters. The number of hydrogen-bond acceptors (Lipinski definition) is 5. The molecule has 8 heteroatoms. The number of carbonyl (C=O) groups is 1. The summed E-state index contributed by atoms with van der Waals surface area (Å²) in [5.41, 5.74) is 3.59. The molecule has 0 amide bonds. The molecule has 1 aliphatic carbocycles. The average Bonchev–Trinajstić information content (AvgIpc) is 3.04. The highest BCUT2D eigenvalue weighted by molar-refractivity contribution is 6.22. The molecule has 4 atom stereocenters. The van der Waals surface area contributed by atoms with Gasteiger partial charge in [-0.3, -0.25) is 4.79 Å². The number of rotatable bonds is 10. The van der Waals surface area contributed by atoms with Crippen LogP contribution in [0.25, 0.3) is 5.57 Å². The maximum Gasteiger partial charge on any atom is 0.175 e. The molecule has 0 bridgehead atoms. The summed E-state index contributed by atoms with van der Waals surface area (Å²) in [6.07, 6.45) is 1.26. The lowest BCUT2D eigenvalue weighted by molar-refractivity contribution is -0.152. The van der Waals surface area contributed by atoms with E-state index in [1.54, 1.807) is 60.7 Å². The molecule has 2 aliphatic rings. The monoisotopic (exact) mass is 600 g/mol. The molecule has 4 aromatic rings. The molecular weight excluding hydrogens is 569 g/mol. The van der Waals surface area contributed by atoms with Crippen molar-refractivity contribution in [1.29, 1.82) is 0 Å². The molecule has 0 radical (unpaired) electrons. The second kappa shape index (κ2) is 13.5. The minimum Gasteiger partial charge on any atom is -0.496 e. The Hall–Kier alpha value is -4.40. The lowest BCUT2D eigenvalue weighted by Gasteiger charge is -2.42. The first kappa shape index (κ1) is 29.7. The Balaban J connectivity index is 1.15. The van der Waals surface area contributed by atoms with E-state index in [1.165, 1.54) is 42.7 Å².